The highest BCUT2D eigenvalue weighted by Crippen LogP contribution is 2.28. The van der Waals surface area contributed by atoms with E-state index >= 15 is 0 Å². The number of nitrogens with one attached hydrogen (secondary N) is 1. The maximum absolute atomic E-state index is 13.4. The molecular formula is C16H26FNO. The van der Waals surface area contributed by atoms with E-state index < -0.39 is 0 Å². The maximum Gasteiger partial charge on any atom is 0.124 e. The molecule has 0 saturated carbocycles. The summed E-state index contributed by atoms with van der Waals surface area (Å²) >= 11 is 0. The van der Waals surface area contributed by atoms with Gasteiger partial charge < -0.3 is 10.1 Å². The zero-order chi connectivity index (χ0) is 14.3. The van der Waals surface area contributed by atoms with Crippen LogP contribution in [0.15, 0.2) is 18.2 Å². The quantitative estimate of drug-likeness (QED) is 0.751. The highest BCUT2D eigenvalue weighted by atomic mass is 19.1. The Bertz CT molecular complexity index is 377. The van der Waals surface area contributed by atoms with E-state index in [-0.39, 0.29) is 18.0 Å². The Hall–Kier alpha value is -1.09. The minimum Gasteiger partial charge on any atom is -0.490 e. The topological polar surface area (TPSA) is 21.3 Å². The third-order valence-corrected chi connectivity index (χ3v) is 3.34. The summed E-state index contributed by atoms with van der Waals surface area (Å²) < 4.78 is 19.4. The molecular weight excluding hydrogens is 241 g/mol. The van der Waals surface area contributed by atoms with E-state index in [2.05, 4.69) is 26.1 Å². The van der Waals surface area contributed by atoms with Gasteiger partial charge in [0, 0.05) is 11.6 Å². The van der Waals surface area contributed by atoms with E-state index in [1.165, 1.54) is 6.07 Å². The van der Waals surface area contributed by atoms with Gasteiger partial charge in [-0.2, -0.15) is 0 Å². The van der Waals surface area contributed by atoms with Crippen molar-refractivity contribution in [3.8, 4) is 5.75 Å². The monoisotopic (exact) mass is 267 g/mol. The normalized spacial score (nSPS) is 12.7. The predicted octanol–water partition coefficient (Wildman–Crippen LogP) is 4.45. The first-order chi connectivity index (χ1) is 9.12. The minimum absolute atomic E-state index is 0.0972. The molecule has 1 N–H and O–H groups in total. The first kappa shape index (κ1) is 16.0. The Kier molecular flexibility index (Phi) is 6.85. The van der Waals surface area contributed by atoms with Crippen molar-refractivity contribution in [2.75, 3.05) is 6.54 Å². The molecule has 0 bridgehead atoms. The van der Waals surface area contributed by atoms with Gasteiger partial charge in [-0.3, -0.25) is 0 Å². The molecule has 0 aliphatic rings. The van der Waals surface area contributed by atoms with Gasteiger partial charge in [-0.15, -0.1) is 0 Å². The molecule has 1 aromatic rings. The van der Waals surface area contributed by atoms with Crippen LogP contribution in [0.2, 0.25) is 0 Å². The maximum atomic E-state index is 13.4. The fourth-order valence-electron chi connectivity index (χ4n) is 2.07. The third kappa shape index (κ3) is 4.83. The van der Waals surface area contributed by atoms with Crippen molar-refractivity contribution < 1.29 is 9.13 Å². The Labute approximate surface area is 116 Å². The number of halogens is 1. The molecule has 0 radical (unpaired) electrons. The SMILES string of the molecule is CCCNC(C)c1cc(F)ccc1OC(CC)CC. The predicted molar refractivity (Wildman–Crippen MR) is 78.1 cm³/mol. The van der Waals surface area contributed by atoms with Crippen molar-refractivity contribution in [2.24, 2.45) is 0 Å². The second-order valence-electron chi connectivity index (χ2n) is 4.91. The summed E-state index contributed by atoms with van der Waals surface area (Å²) in [6.07, 6.45) is 3.18. The lowest BCUT2D eigenvalue weighted by Gasteiger charge is -2.22. The first-order valence-corrected chi connectivity index (χ1v) is 7.31. The molecule has 1 rings (SSSR count). The van der Waals surface area contributed by atoms with E-state index in [1.54, 1.807) is 12.1 Å². The minimum atomic E-state index is -0.211. The number of hydrogen-bond acceptors (Lipinski definition) is 2. The summed E-state index contributed by atoms with van der Waals surface area (Å²) in [5.74, 6) is 0.586. The van der Waals surface area contributed by atoms with Gasteiger partial charge >= 0.3 is 0 Å². The zero-order valence-corrected chi connectivity index (χ0v) is 12.5. The van der Waals surface area contributed by atoms with Crippen LogP contribution in [0, 0.1) is 5.82 Å². The lowest BCUT2D eigenvalue weighted by molar-refractivity contribution is 0.189. The Morgan fingerprint density at radius 3 is 2.47 bits per heavy atom. The molecule has 0 saturated heterocycles. The van der Waals surface area contributed by atoms with Crippen molar-refractivity contribution in [3.05, 3.63) is 29.6 Å². The molecule has 1 unspecified atom stereocenters. The molecule has 0 aromatic heterocycles. The van der Waals surface area contributed by atoms with Crippen LogP contribution in [0.1, 0.15) is 58.6 Å². The molecule has 0 spiro atoms. The Morgan fingerprint density at radius 1 is 1.21 bits per heavy atom. The van der Waals surface area contributed by atoms with E-state index in [0.717, 1.165) is 37.1 Å². The second kappa shape index (κ2) is 8.16. The molecule has 2 nitrogen and oxygen atoms in total. The van der Waals surface area contributed by atoms with Gasteiger partial charge in [-0.25, -0.2) is 4.39 Å². The average molecular weight is 267 g/mol. The van der Waals surface area contributed by atoms with Crippen molar-refractivity contribution in [2.45, 2.75) is 59.1 Å². The summed E-state index contributed by atoms with van der Waals surface area (Å²) in [5.41, 5.74) is 0.903. The van der Waals surface area contributed by atoms with Crippen molar-refractivity contribution in [3.63, 3.8) is 0 Å². The van der Waals surface area contributed by atoms with Crippen LogP contribution in [-0.2, 0) is 0 Å². The average Bonchev–Trinajstić information content (AvgIpc) is 2.43. The van der Waals surface area contributed by atoms with Gasteiger partial charge in [0.25, 0.3) is 0 Å². The van der Waals surface area contributed by atoms with Crippen LogP contribution in [0.3, 0.4) is 0 Å². The smallest absolute Gasteiger partial charge is 0.124 e. The Balaban J connectivity index is 2.90. The number of hydrogen-bond donors (Lipinski definition) is 1. The van der Waals surface area contributed by atoms with Crippen LogP contribution in [0.25, 0.3) is 0 Å². The van der Waals surface area contributed by atoms with Crippen LogP contribution in [0.4, 0.5) is 4.39 Å². The molecule has 0 fully saturated rings. The summed E-state index contributed by atoms with van der Waals surface area (Å²) in [6.45, 7) is 9.30. The van der Waals surface area contributed by atoms with Crippen molar-refractivity contribution in [1.82, 2.24) is 5.32 Å². The standard InChI is InChI=1S/C16H26FNO/c1-5-10-18-12(4)15-11-13(17)8-9-16(15)19-14(6-2)7-3/h8-9,11-12,14,18H,5-7,10H2,1-4H3. The lowest BCUT2D eigenvalue weighted by Crippen LogP contribution is -2.22. The molecule has 0 heterocycles. The first-order valence-electron chi connectivity index (χ1n) is 7.31. The van der Waals surface area contributed by atoms with Crippen molar-refractivity contribution in [1.29, 1.82) is 0 Å². The zero-order valence-electron chi connectivity index (χ0n) is 12.5. The van der Waals surface area contributed by atoms with Crippen LogP contribution in [-0.4, -0.2) is 12.6 Å². The van der Waals surface area contributed by atoms with E-state index in [9.17, 15) is 4.39 Å². The summed E-state index contributed by atoms with van der Waals surface area (Å²) in [4.78, 5) is 0. The van der Waals surface area contributed by atoms with E-state index in [1.807, 2.05) is 6.92 Å². The molecule has 0 aliphatic carbocycles. The van der Waals surface area contributed by atoms with Crippen LogP contribution < -0.4 is 10.1 Å². The van der Waals surface area contributed by atoms with Gasteiger partial charge in [0.1, 0.15) is 11.6 Å². The fraction of sp³-hybridized carbons (Fsp3) is 0.625. The van der Waals surface area contributed by atoms with Crippen LogP contribution >= 0.6 is 0 Å². The molecule has 0 aliphatic heterocycles. The van der Waals surface area contributed by atoms with Gasteiger partial charge in [-0.05, 0) is 50.9 Å². The van der Waals surface area contributed by atoms with Gasteiger partial charge in [-0.1, -0.05) is 20.8 Å². The van der Waals surface area contributed by atoms with Gasteiger partial charge in [0.05, 0.1) is 6.10 Å². The van der Waals surface area contributed by atoms with Gasteiger partial charge in [0.15, 0.2) is 0 Å². The van der Waals surface area contributed by atoms with Crippen LogP contribution in [0.5, 0.6) is 5.75 Å². The summed E-state index contributed by atoms with van der Waals surface area (Å²) in [5, 5.41) is 3.38. The molecule has 19 heavy (non-hydrogen) atoms. The van der Waals surface area contributed by atoms with Crippen molar-refractivity contribution >= 4 is 0 Å². The molecule has 3 heteroatoms. The number of ether oxygens (including phenoxy) is 1. The summed E-state index contributed by atoms with van der Waals surface area (Å²) in [6, 6.07) is 4.88. The highest BCUT2D eigenvalue weighted by Gasteiger charge is 2.15. The fourth-order valence-corrected chi connectivity index (χ4v) is 2.07. The van der Waals surface area contributed by atoms with Gasteiger partial charge in [0.2, 0.25) is 0 Å². The summed E-state index contributed by atoms with van der Waals surface area (Å²) in [7, 11) is 0. The second-order valence-corrected chi connectivity index (χ2v) is 4.91. The Morgan fingerprint density at radius 2 is 1.89 bits per heavy atom. The number of benzene rings is 1. The van der Waals surface area contributed by atoms with E-state index in [0.29, 0.717) is 0 Å². The molecule has 108 valence electrons. The van der Waals surface area contributed by atoms with E-state index in [4.69, 9.17) is 4.74 Å². The molecule has 1 atom stereocenters. The lowest BCUT2D eigenvalue weighted by atomic mass is 10.1. The molecule has 0 amide bonds. The number of rotatable bonds is 8. The molecule has 1 aromatic carbocycles. The third-order valence-electron chi connectivity index (χ3n) is 3.34. The highest BCUT2D eigenvalue weighted by molar-refractivity contribution is 5.36. The largest absolute Gasteiger partial charge is 0.490 e.